The van der Waals surface area contributed by atoms with E-state index >= 15 is 0 Å². The van der Waals surface area contributed by atoms with E-state index in [0.717, 1.165) is 17.6 Å². The molecule has 0 aromatic heterocycles. The van der Waals surface area contributed by atoms with Gasteiger partial charge in [0.25, 0.3) is 0 Å². The molecule has 2 N–H and O–H groups in total. The fourth-order valence-electron chi connectivity index (χ4n) is 2.18. The highest BCUT2D eigenvalue weighted by Gasteiger charge is 2.37. The molecule has 1 aliphatic heterocycles. The lowest BCUT2D eigenvalue weighted by Crippen LogP contribution is -2.10. The Morgan fingerprint density at radius 1 is 1.12 bits per heavy atom. The van der Waals surface area contributed by atoms with Crippen molar-refractivity contribution in [2.24, 2.45) is 5.73 Å². The highest BCUT2D eigenvalue weighted by molar-refractivity contribution is 7.94. The van der Waals surface area contributed by atoms with E-state index in [2.05, 4.69) is 0 Å². The minimum absolute atomic E-state index is 0.0204. The topological polar surface area (TPSA) is 61.5 Å². The molecule has 0 bridgehead atoms. The molecule has 0 amide bonds. The van der Waals surface area contributed by atoms with Crippen LogP contribution in [0.15, 0.2) is 60.2 Å². The monoisotopic (exact) mass is 381 g/mol. The number of ketones is 1. The maximum atomic E-state index is 12.5. The van der Waals surface area contributed by atoms with Crippen molar-refractivity contribution in [3.8, 4) is 0 Å². The third-order valence-corrected chi connectivity index (χ3v) is 4.86. The fourth-order valence-corrected chi connectivity index (χ4v) is 3.16. The number of carbonyl (C=O) groups excluding carboxylic acids is 1. The summed E-state index contributed by atoms with van der Waals surface area (Å²) in [5, 5.41) is 0.749. The van der Waals surface area contributed by atoms with E-state index in [1.807, 2.05) is 30.3 Å². The molecule has 124 valence electrons. The number of carbonyl (C=O) groups is 1. The predicted molar refractivity (Wildman–Crippen MR) is 95.3 cm³/mol. The maximum absolute atomic E-state index is 12.5. The second-order valence-corrected chi connectivity index (χ2v) is 6.57. The predicted octanol–water partition coefficient (Wildman–Crippen LogP) is 4.63. The van der Waals surface area contributed by atoms with Gasteiger partial charge in [0.2, 0.25) is 17.4 Å². The molecular weight excluding hydrogens is 369 g/mol. The van der Waals surface area contributed by atoms with Crippen LogP contribution in [-0.4, -0.2) is 5.78 Å². The third kappa shape index (κ3) is 3.64. The Bertz CT molecular complexity index is 796. The molecule has 0 radical (unpaired) electrons. The zero-order chi connectivity index (χ0) is 17.1. The normalized spacial score (nSPS) is 17.1. The summed E-state index contributed by atoms with van der Waals surface area (Å²) in [4.78, 5) is 12.5. The van der Waals surface area contributed by atoms with Gasteiger partial charge in [-0.2, -0.15) is 0 Å². The lowest BCUT2D eigenvalue weighted by atomic mass is 10.1. The van der Waals surface area contributed by atoms with Gasteiger partial charge in [0.1, 0.15) is 0 Å². The van der Waals surface area contributed by atoms with Crippen molar-refractivity contribution < 1.29 is 13.7 Å². The first kappa shape index (κ1) is 17.0. The Labute approximate surface area is 153 Å². The molecule has 7 heteroatoms. The molecule has 2 aromatic rings. The van der Waals surface area contributed by atoms with Crippen LogP contribution in [0.5, 0.6) is 0 Å². The number of hydrogen-bond donors (Lipinski definition) is 1. The first-order chi connectivity index (χ1) is 11.6. The molecule has 2 aromatic carbocycles. The standard InChI is InChI=1S/C17H13Cl2NO3S/c18-12-7-6-11(8-13(12)19)15-14(21)16(17(20)22-15)23-24-9-10-4-2-1-3-5-10/h1-8,15H,9,20H2. The van der Waals surface area contributed by atoms with E-state index in [4.69, 9.17) is 37.9 Å². The number of ether oxygens (including phenoxy) is 1. The summed E-state index contributed by atoms with van der Waals surface area (Å²) in [6.07, 6.45) is -0.868. The lowest BCUT2D eigenvalue weighted by Gasteiger charge is -2.10. The molecular formula is C17H13Cl2NO3S. The fraction of sp³-hybridized carbons (Fsp3) is 0.118. The smallest absolute Gasteiger partial charge is 0.249 e. The molecule has 0 saturated carbocycles. The molecule has 1 heterocycles. The van der Waals surface area contributed by atoms with E-state index in [0.29, 0.717) is 21.4 Å². The average Bonchev–Trinajstić information content (AvgIpc) is 2.86. The van der Waals surface area contributed by atoms with E-state index in [9.17, 15) is 4.79 Å². The lowest BCUT2D eigenvalue weighted by molar-refractivity contribution is -0.122. The molecule has 1 unspecified atom stereocenters. The van der Waals surface area contributed by atoms with Gasteiger partial charge in [-0.15, -0.1) is 0 Å². The zero-order valence-electron chi connectivity index (χ0n) is 12.4. The second-order valence-electron chi connectivity index (χ2n) is 5.06. The van der Waals surface area contributed by atoms with Crippen molar-refractivity contribution in [1.82, 2.24) is 0 Å². The number of halogens is 2. The summed E-state index contributed by atoms with van der Waals surface area (Å²) in [5.74, 6) is 0.234. The van der Waals surface area contributed by atoms with Crippen LogP contribution in [0.4, 0.5) is 0 Å². The molecule has 4 nitrogen and oxygen atoms in total. The van der Waals surface area contributed by atoms with Crippen LogP contribution in [0.25, 0.3) is 0 Å². The Morgan fingerprint density at radius 3 is 2.58 bits per heavy atom. The van der Waals surface area contributed by atoms with E-state index in [-0.39, 0.29) is 17.4 Å². The van der Waals surface area contributed by atoms with Crippen molar-refractivity contribution in [3.63, 3.8) is 0 Å². The van der Waals surface area contributed by atoms with E-state index in [1.165, 1.54) is 0 Å². The van der Waals surface area contributed by atoms with Crippen LogP contribution in [0.3, 0.4) is 0 Å². The summed E-state index contributed by atoms with van der Waals surface area (Å²) in [6.45, 7) is 0. The average molecular weight is 382 g/mol. The van der Waals surface area contributed by atoms with E-state index in [1.54, 1.807) is 18.2 Å². The molecule has 1 aliphatic rings. The maximum Gasteiger partial charge on any atom is 0.249 e. The van der Waals surface area contributed by atoms with Crippen molar-refractivity contribution in [2.45, 2.75) is 11.9 Å². The van der Waals surface area contributed by atoms with Crippen molar-refractivity contribution in [3.05, 3.63) is 81.3 Å². The van der Waals surface area contributed by atoms with Crippen LogP contribution < -0.4 is 5.73 Å². The van der Waals surface area contributed by atoms with Gasteiger partial charge in [-0.3, -0.25) is 4.79 Å². The minimum atomic E-state index is -0.868. The first-order valence-electron chi connectivity index (χ1n) is 7.05. The van der Waals surface area contributed by atoms with Gasteiger partial charge >= 0.3 is 0 Å². The number of benzene rings is 2. The van der Waals surface area contributed by atoms with Crippen LogP contribution in [0.2, 0.25) is 10.0 Å². The molecule has 24 heavy (non-hydrogen) atoms. The van der Waals surface area contributed by atoms with Gasteiger partial charge < -0.3 is 14.7 Å². The molecule has 0 aliphatic carbocycles. The van der Waals surface area contributed by atoms with Crippen LogP contribution in [0.1, 0.15) is 17.2 Å². The van der Waals surface area contributed by atoms with Crippen molar-refractivity contribution in [2.75, 3.05) is 0 Å². The molecule has 1 atom stereocenters. The Morgan fingerprint density at radius 2 is 1.88 bits per heavy atom. The second kappa shape index (κ2) is 7.38. The van der Waals surface area contributed by atoms with Gasteiger partial charge in [0.15, 0.2) is 6.10 Å². The van der Waals surface area contributed by atoms with Gasteiger partial charge in [-0.1, -0.05) is 59.6 Å². The largest absolute Gasteiger partial charge is 0.460 e. The summed E-state index contributed by atoms with van der Waals surface area (Å²) in [7, 11) is 0. The minimum Gasteiger partial charge on any atom is -0.460 e. The van der Waals surface area contributed by atoms with Crippen LogP contribution in [0, 0.1) is 0 Å². The van der Waals surface area contributed by atoms with Gasteiger partial charge in [0.05, 0.1) is 27.8 Å². The summed E-state index contributed by atoms with van der Waals surface area (Å²) in [5.41, 5.74) is 7.43. The van der Waals surface area contributed by atoms with Gasteiger partial charge in [-0.25, -0.2) is 0 Å². The summed E-state index contributed by atoms with van der Waals surface area (Å²) in [6, 6.07) is 14.6. The number of rotatable bonds is 5. The van der Waals surface area contributed by atoms with Gasteiger partial charge in [0, 0.05) is 5.56 Å². The summed E-state index contributed by atoms with van der Waals surface area (Å²) >= 11 is 13.0. The van der Waals surface area contributed by atoms with Gasteiger partial charge in [-0.05, 0) is 17.7 Å². The van der Waals surface area contributed by atoms with Crippen molar-refractivity contribution in [1.29, 1.82) is 0 Å². The molecule has 0 spiro atoms. The Kier molecular flexibility index (Phi) is 5.23. The van der Waals surface area contributed by atoms with Crippen LogP contribution >= 0.6 is 35.2 Å². The molecule has 3 rings (SSSR count). The molecule has 0 saturated heterocycles. The first-order valence-corrected chi connectivity index (χ1v) is 8.72. The molecule has 0 fully saturated rings. The third-order valence-electron chi connectivity index (χ3n) is 3.39. The Balaban J connectivity index is 1.65. The highest BCUT2D eigenvalue weighted by atomic mass is 35.5. The Hall–Kier alpha value is -1.82. The van der Waals surface area contributed by atoms with Crippen molar-refractivity contribution >= 4 is 41.0 Å². The van der Waals surface area contributed by atoms with Crippen LogP contribution in [-0.2, 0) is 19.5 Å². The quantitative estimate of drug-likeness (QED) is 0.765. The summed E-state index contributed by atoms with van der Waals surface area (Å²) < 4.78 is 10.9. The number of Topliss-reactive ketones (excluding diaryl/α,β-unsaturated/α-hetero) is 1. The SMILES string of the molecule is NC1=C(OSCc2ccccc2)C(=O)C(c2ccc(Cl)c(Cl)c2)O1. The number of hydrogen-bond acceptors (Lipinski definition) is 5. The highest BCUT2D eigenvalue weighted by Crippen LogP contribution is 2.36. The number of nitrogens with two attached hydrogens (primary N) is 1. The van der Waals surface area contributed by atoms with E-state index < -0.39 is 6.10 Å². The zero-order valence-corrected chi connectivity index (χ0v) is 14.7.